The van der Waals surface area contributed by atoms with Crippen LogP contribution in [0.25, 0.3) is 0 Å². The summed E-state index contributed by atoms with van der Waals surface area (Å²) in [7, 11) is 0.628. The van der Waals surface area contributed by atoms with Gasteiger partial charge in [0.15, 0.2) is 0 Å². The molecule has 1 unspecified atom stereocenters. The summed E-state index contributed by atoms with van der Waals surface area (Å²) in [5, 5.41) is 0. The van der Waals surface area contributed by atoms with Crippen molar-refractivity contribution in [2.75, 3.05) is 6.73 Å². The Morgan fingerprint density at radius 1 is 1.73 bits per heavy atom. The van der Waals surface area contributed by atoms with Crippen LogP contribution in [0.3, 0.4) is 0 Å². The first-order chi connectivity index (χ1) is 5.34. The lowest BCUT2D eigenvalue weighted by atomic mass is 9.74. The van der Waals surface area contributed by atoms with E-state index in [1.165, 1.54) is 0 Å². The molecule has 4 heteroatoms. The summed E-state index contributed by atoms with van der Waals surface area (Å²) in [4.78, 5) is 0. The first-order valence-electron chi connectivity index (χ1n) is 3.74. The van der Waals surface area contributed by atoms with Gasteiger partial charge in [-0.1, -0.05) is 12.2 Å². The van der Waals surface area contributed by atoms with Gasteiger partial charge in [0.25, 0.3) is 7.48 Å². The van der Waals surface area contributed by atoms with E-state index < -0.39 is 0 Å². The zero-order valence-corrected chi connectivity index (χ0v) is 6.49. The van der Waals surface area contributed by atoms with Gasteiger partial charge < -0.3 is 16.1 Å². The molecule has 60 valence electrons. The van der Waals surface area contributed by atoms with Gasteiger partial charge in [-0.3, -0.25) is 0 Å². The van der Waals surface area contributed by atoms with Crippen molar-refractivity contribution in [2.24, 2.45) is 11.5 Å². The molecule has 0 heterocycles. The molecule has 0 saturated carbocycles. The minimum atomic E-state index is 0.271. The van der Waals surface area contributed by atoms with Crippen LogP contribution in [0, 0.1) is 0 Å². The highest BCUT2D eigenvalue weighted by molar-refractivity contribution is 6.31. The quantitative estimate of drug-likeness (QED) is 0.437. The Morgan fingerprint density at radius 3 is 3.18 bits per heavy atom. The summed E-state index contributed by atoms with van der Waals surface area (Å²) >= 11 is 0. The standard InChI is InChI=1S/C7H13BN2O/c9-5-11-8-6-3-1-2-4-7(6)10/h1-2,4,6,8H,3,5,9-10H2. The van der Waals surface area contributed by atoms with Gasteiger partial charge in [-0.05, 0) is 12.5 Å². The molecule has 0 radical (unpaired) electrons. The highest BCUT2D eigenvalue weighted by Gasteiger charge is 2.13. The topological polar surface area (TPSA) is 61.3 Å². The Morgan fingerprint density at radius 2 is 2.55 bits per heavy atom. The molecule has 0 aromatic rings. The second kappa shape index (κ2) is 4.21. The van der Waals surface area contributed by atoms with Crippen LogP contribution >= 0.6 is 0 Å². The Balaban J connectivity index is 2.35. The number of hydrogen-bond acceptors (Lipinski definition) is 3. The number of hydrogen-bond donors (Lipinski definition) is 2. The molecule has 0 amide bonds. The molecule has 4 N–H and O–H groups in total. The molecule has 0 aromatic heterocycles. The average Bonchev–Trinajstić information content (AvgIpc) is 2.03. The highest BCUT2D eigenvalue weighted by atomic mass is 16.4. The first-order valence-corrected chi connectivity index (χ1v) is 3.74. The van der Waals surface area contributed by atoms with Crippen molar-refractivity contribution in [1.82, 2.24) is 0 Å². The first kappa shape index (κ1) is 8.36. The largest absolute Gasteiger partial charge is 0.427 e. The molecule has 1 rings (SSSR count). The lowest BCUT2D eigenvalue weighted by Gasteiger charge is -2.15. The number of nitrogens with two attached hydrogens (primary N) is 2. The number of rotatable bonds is 3. The maximum Gasteiger partial charge on any atom is 0.286 e. The van der Waals surface area contributed by atoms with Crippen molar-refractivity contribution in [1.29, 1.82) is 0 Å². The summed E-state index contributed by atoms with van der Waals surface area (Å²) in [5.41, 5.74) is 11.8. The van der Waals surface area contributed by atoms with E-state index in [4.69, 9.17) is 16.1 Å². The molecule has 0 spiro atoms. The van der Waals surface area contributed by atoms with Gasteiger partial charge in [-0.2, -0.15) is 0 Å². The van der Waals surface area contributed by atoms with Crippen molar-refractivity contribution < 1.29 is 4.65 Å². The van der Waals surface area contributed by atoms with Crippen LogP contribution in [0.4, 0.5) is 0 Å². The summed E-state index contributed by atoms with van der Waals surface area (Å²) in [6, 6.07) is 0. The van der Waals surface area contributed by atoms with Crippen LogP contribution in [-0.2, 0) is 4.65 Å². The molecule has 0 aliphatic heterocycles. The van der Waals surface area contributed by atoms with Gasteiger partial charge in [0.2, 0.25) is 0 Å². The predicted octanol–water partition coefficient (Wildman–Crippen LogP) is -0.138. The molecular weight excluding hydrogens is 139 g/mol. The minimum absolute atomic E-state index is 0.271. The monoisotopic (exact) mass is 152 g/mol. The molecule has 1 aliphatic carbocycles. The van der Waals surface area contributed by atoms with Gasteiger partial charge in [0, 0.05) is 11.5 Å². The summed E-state index contributed by atoms with van der Waals surface area (Å²) in [6.45, 7) is 0.271. The fourth-order valence-corrected chi connectivity index (χ4v) is 1.07. The second-order valence-corrected chi connectivity index (χ2v) is 2.56. The zero-order chi connectivity index (χ0) is 8.10. The molecule has 1 aliphatic rings. The normalized spacial score (nSPS) is 23.0. The van der Waals surface area contributed by atoms with Crippen LogP contribution in [0.5, 0.6) is 0 Å². The third kappa shape index (κ3) is 2.40. The van der Waals surface area contributed by atoms with E-state index >= 15 is 0 Å². The fourth-order valence-electron chi connectivity index (χ4n) is 1.07. The van der Waals surface area contributed by atoms with Crippen molar-refractivity contribution in [2.45, 2.75) is 12.2 Å². The van der Waals surface area contributed by atoms with Crippen LogP contribution < -0.4 is 11.5 Å². The Bertz CT molecular complexity index is 179. The fraction of sp³-hybridized carbons (Fsp3) is 0.429. The summed E-state index contributed by atoms with van der Waals surface area (Å²) < 4.78 is 5.07. The van der Waals surface area contributed by atoms with E-state index in [-0.39, 0.29) is 6.73 Å². The van der Waals surface area contributed by atoms with E-state index in [2.05, 4.69) is 6.08 Å². The average molecular weight is 152 g/mol. The molecule has 11 heavy (non-hydrogen) atoms. The van der Waals surface area contributed by atoms with Gasteiger partial charge in [0.05, 0.1) is 6.73 Å². The van der Waals surface area contributed by atoms with Crippen molar-refractivity contribution in [3.05, 3.63) is 23.9 Å². The van der Waals surface area contributed by atoms with E-state index in [0.717, 1.165) is 12.1 Å². The molecule has 3 nitrogen and oxygen atoms in total. The van der Waals surface area contributed by atoms with Crippen molar-refractivity contribution in [3.8, 4) is 0 Å². The second-order valence-electron chi connectivity index (χ2n) is 2.56. The maximum absolute atomic E-state index is 5.71. The molecule has 0 aromatic carbocycles. The van der Waals surface area contributed by atoms with E-state index in [1.807, 2.05) is 12.2 Å². The van der Waals surface area contributed by atoms with Crippen LogP contribution in [0.2, 0.25) is 5.82 Å². The molecule has 0 fully saturated rings. The van der Waals surface area contributed by atoms with Crippen LogP contribution in [-0.4, -0.2) is 14.2 Å². The highest BCUT2D eigenvalue weighted by Crippen LogP contribution is 2.20. The van der Waals surface area contributed by atoms with Gasteiger partial charge >= 0.3 is 0 Å². The Labute approximate surface area is 67.4 Å². The van der Waals surface area contributed by atoms with Gasteiger partial charge in [0.1, 0.15) is 0 Å². The molecule has 0 saturated heterocycles. The van der Waals surface area contributed by atoms with E-state index in [9.17, 15) is 0 Å². The predicted molar refractivity (Wildman–Crippen MR) is 47.1 cm³/mol. The van der Waals surface area contributed by atoms with Crippen LogP contribution in [0.15, 0.2) is 23.9 Å². The van der Waals surface area contributed by atoms with Crippen molar-refractivity contribution >= 4 is 7.48 Å². The lowest BCUT2D eigenvalue weighted by Crippen LogP contribution is -2.19. The van der Waals surface area contributed by atoms with Crippen LogP contribution in [0.1, 0.15) is 6.42 Å². The molecule has 0 bridgehead atoms. The van der Waals surface area contributed by atoms with Crippen molar-refractivity contribution in [3.63, 3.8) is 0 Å². The third-order valence-corrected chi connectivity index (χ3v) is 1.75. The summed E-state index contributed by atoms with van der Waals surface area (Å²) in [6.07, 6.45) is 6.92. The van der Waals surface area contributed by atoms with Gasteiger partial charge in [-0.15, -0.1) is 0 Å². The lowest BCUT2D eigenvalue weighted by molar-refractivity contribution is 0.343. The Kier molecular flexibility index (Phi) is 3.20. The zero-order valence-electron chi connectivity index (χ0n) is 6.49. The number of allylic oxidation sites excluding steroid dienone is 4. The smallest absolute Gasteiger partial charge is 0.286 e. The SMILES string of the molecule is NCOBC1CC=CC=C1N. The molecule has 1 atom stereocenters. The van der Waals surface area contributed by atoms with E-state index in [0.29, 0.717) is 13.3 Å². The van der Waals surface area contributed by atoms with Gasteiger partial charge in [-0.25, -0.2) is 0 Å². The minimum Gasteiger partial charge on any atom is -0.427 e. The maximum atomic E-state index is 5.71. The Hall–Kier alpha value is -0.735. The van der Waals surface area contributed by atoms with E-state index in [1.54, 1.807) is 0 Å². The third-order valence-electron chi connectivity index (χ3n) is 1.75. The summed E-state index contributed by atoms with van der Waals surface area (Å²) in [5.74, 6) is 0.323. The molecular formula is C7H13BN2O.